The first-order valence-corrected chi connectivity index (χ1v) is 11.5. The molecule has 0 saturated heterocycles. The zero-order chi connectivity index (χ0) is 18.0. The molecule has 0 unspecified atom stereocenters. The van der Waals surface area contributed by atoms with Gasteiger partial charge in [-0.2, -0.15) is 0 Å². The van der Waals surface area contributed by atoms with Gasteiger partial charge in [0.2, 0.25) is 0 Å². The first-order chi connectivity index (χ1) is 11.9. The molecule has 0 aliphatic carbocycles. The van der Waals surface area contributed by atoms with E-state index in [4.69, 9.17) is 0 Å². The number of amides is 1. The van der Waals surface area contributed by atoms with Crippen LogP contribution < -0.4 is 0 Å². The van der Waals surface area contributed by atoms with Gasteiger partial charge < -0.3 is 0 Å². The zero-order valence-corrected chi connectivity index (χ0v) is 16.6. The summed E-state index contributed by atoms with van der Waals surface area (Å²) in [6.07, 6.45) is 0. The average molecular weight is 414 g/mol. The first kappa shape index (κ1) is 18.4. The number of hydrogen-bond donors (Lipinski definition) is 0. The van der Waals surface area contributed by atoms with Crippen molar-refractivity contribution in [1.82, 2.24) is 14.5 Å². The van der Waals surface area contributed by atoms with Crippen LogP contribution >= 0.6 is 34.9 Å². The number of thioether (sulfide) groups is 2. The Bertz CT molecular complexity index is 924. The van der Waals surface area contributed by atoms with Crippen molar-refractivity contribution in [2.45, 2.75) is 20.5 Å². The third-order valence-corrected chi connectivity index (χ3v) is 8.50. The Kier molecular flexibility index (Phi) is 5.52. The number of rotatable bonds is 7. The highest BCUT2D eigenvalue weighted by Gasteiger charge is 2.40. The first-order valence-electron chi connectivity index (χ1n) is 7.29. The highest BCUT2D eigenvalue weighted by molar-refractivity contribution is 8.03. The molecular weight excluding hydrogens is 398 g/mol. The molecule has 0 fully saturated rings. The number of hydrogen-bond acceptors (Lipinski definition) is 8. The highest BCUT2D eigenvalue weighted by Crippen LogP contribution is 2.32. The van der Waals surface area contributed by atoms with Crippen molar-refractivity contribution in [2.24, 2.45) is 0 Å². The van der Waals surface area contributed by atoms with Crippen LogP contribution in [0.15, 0.2) is 50.0 Å². The molecule has 0 radical (unpaired) electrons. The van der Waals surface area contributed by atoms with Crippen LogP contribution in [-0.2, 0) is 10.0 Å². The molecule has 10 heteroatoms. The van der Waals surface area contributed by atoms with Gasteiger partial charge in [0.05, 0.1) is 5.56 Å². The van der Waals surface area contributed by atoms with Gasteiger partial charge in [0.25, 0.3) is 15.9 Å². The summed E-state index contributed by atoms with van der Waals surface area (Å²) in [5.74, 6) is 0.753. The van der Waals surface area contributed by atoms with Crippen molar-refractivity contribution in [1.29, 1.82) is 0 Å². The minimum atomic E-state index is -3.74. The molecule has 25 heavy (non-hydrogen) atoms. The lowest BCUT2D eigenvalue weighted by Crippen LogP contribution is -2.32. The topological polar surface area (TPSA) is 80.2 Å². The maximum atomic E-state index is 12.4. The molecule has 0 N–H and O–H groups in total. The summed E-state index contributed by atoms with van der Waals surface area (Å²) in [7, 11) is -3.74. The second kappa shape index (κ2) is 7.48. The summed E-state index contributed by atoms with van der Waals surface area (Å²) < 4.78 is 27.4. The van der Waals surface area contributed by atoms with Crippen molar-refractivity contribution in [3.8, 4) is 0 Å². The molecule has 3 rings (SSSR count). The fraction of sp³-hybridized carbons (Fsp3) is 0.267. The van der Waals surface area contributed by atoms with E-state index in [-0.39, 0.29) is 17.0 Å². The number of carbonyl (C=O) groups excluding carboxylic acids is 1. The fourth-order valence-electron chi connectivity index (χ4n) is 2.17. The number of aromatic nitrogens is 2. The van der Waals surface area contributed by atoms with Gasteiger partial charge in [-0.15, -0.1) is 10.2 Å². The van der Waals surface area contributed by atoms with Gasteiger partial charge in [-0.05, 0) is 19.1 Å². The van der Waals surface area contributed by atoms with Gasteiger partial charge in [0, 0.05) is 18.1 Å². The van der Waals surface area contributed by atoms with Gasteiger partial charge in [-0.1, -0.05) is 59.1 Å². The Morgan fingerprint density at radius 1 is 1.24 bits per heavy atom. The maximum absolute atomic E-state index is 12.4. The Balaban J connectivity index is 1.60. The second-order valence-corrected chi connectivity index (χ2v) is 10.7. The van der Waals surface area contributed by atoms with Crippen LogP contribution in [0.1, 0.15) is 17.3 Å². The van der Waals surface area contributed by atoms with Crippen molar-refractivity contribution in [3.63, 3.8) is 0 Å². The van der Waals surface area contributed by atoms with E-state index in [9.17, 15) is 13.2 Å². The van der Waals surface area contributed by atoms with Crippen LogP contribution in [0.5, 0.6) is 0 Å². The van der Waals surface area contributed by atoms with Crippen molar-refractivity contribution in [3.05, 3.63) is 42.0 Å². The van der Waals surface area contributed by atoms with E-state index < -0.39 is 15.9 Å². The maximum Gasteiger partial charge on any atom is 0.269 e. The third-order valence-electron chi connectivity index (χ3n) is 3.26. The monoisotopic (exact) mass is 413 g/mol. The Morgan fingerprint density at radius 3 is 2.60 bits per heavy atom. The Labute approximate surface area is 158 Å². The second-order valence-electron chi connectivity index (χ2n) is 5.31. The van der Waals surface area contributed by atoms with Crippen molar-refractivity contribution >= 4 is 50.8 Å². The molecule has 0 bridgehead atoms. The lowest BCUT2D eigenvalue weighted by atomic mass is 10.2. The van der Waals surface area contributed by atoms with Crippen LogP contribution in [0.25, 0.3) is 0 Å². The SMILES string of the molecule is C=C(C)CSc1nnc(SCCN2C(=O)c3ccccc3S2(=O)=O)s1. The lowest BCUT2D eigenvalue weighted by Gasteiger charge is -2.13. The van der Waals surface area contributed by atoms with E-state index in [0.29, 0.717) is 5.75 Å². The summed E-state index contributed by atoms with van der Waals surface area (Å²) in [5.41, 5.74) is 1.30. The molecule has 0 atom stereocenters. The number of carbonyl (C=O) groups is 1. The van der Waals surface area contributed by atoms with Crippen molar-refractivity contribution < 1.29 is 13.2 Å². The van der Waals surface area contributed by atoms with E-state index in [1.165, 1.54) is 35.2 Å². The third kappa shape index (κ3) is 3.91. The van der Waals surface area contributed by atoms with Crippen LogP contribution in [0, 0.1) is 0 Å². The van der Waals surface area contributed by atoms with E-state index in [0.717, 1.165) is 24.3 Å². The molecular formula is C15H15N3O3S4. The highest BCUT2D eigenvalue weighted by atomic mass is 32.2. The van der Waals surface area contributed by atoms with Gasteiger partial charge in [-0.25, -0.2) is 12.7 Å². The number of sulfonamides is 1. The van der Waals surface area contributed by atoms with Crippen molar-refractivity contribution in [2.75, 3.05) is 18.1 Å². The molecule has 1 aliphatic rings. The minimum absolute atomic E-state index is 0.0828. The van der Waals surface area contributed by atoms with Crippen LogP contribution in [-0.4, -0.2) is 46.9 Å². The molecule has 1 aromatic heterocycles. The summed E-state index contributed by atoms with van der Waals surface area (Å²) in [5, 5.41) is 8.17. The van der Waals surface area contributed by atoms with Gasteiger partial charge >= 0.3 is 0 Å². The standard InChI is InChI=1S/C15H15N3O3S4/c1-10(2)9-23-15-17-16-14(24-15)22-8-7-18-13(19)11-5-3-4-6-12(11)25(18,20)21/h3-6H,1,7-9H2,2H3. The normalized spacial score (nSPS) is 15.4. The number of nitrogens with zero attached hydrogens (tertiary/aromatic N) is 3. The predicted molar refractivity (Wildman–Crippen MR) is 101 cm³/mol. The van der Waals surface area contributed by atoms with Crippen LogP contribution in [0.3, 0.4) is 0 Å². The summed E-state index contributed by atoms with van der Waals surface area (Å²) in [4.78, 5) is 12.4. The molecule has 0 spiro atoms. The largest absolute Gasteiger partial charge is 0.269 e. The molecule has 1 amide bonds. The van der Waals surface area contributed by atoms with E-state index in [1.807, 2.05) is 6.92 Å². The smallest absolute Gasteiger partial charge is 0.268 e. The average Bonchev–Trinajstić information content (AvgIpc) is 3.10. The number of benzene rings is 1. The predicted octanol–water partition coefficient (Wildman–Crippen LogP) is 3.14. The molecule has 1 aromatic carbocycles. The zero-order valence-electron chi connectivity index (χ0n) is 13.3. The minimum Gasteiger partial charge on any atom is -0.268 e. The lowest BCUT2D eigenvalue weighted by molar-refractivity contribution is 0.0876. The number of fused-ring (bicyclic) bond motifs is 1. The molecule has 2 aromatic rings. The Morgan fingerprint density at radius 2 is 1.92 bits per heavy atom. The summed E-state index contributed by atoms with van der Waals surface area (Å²) >= 11 is 4.42. The van der Waals surface area contributed by atoms with E-state index >= 15 is 0 Å². The molecule has 132 valence electrons. The summed E-state index contributed by atoms with van der Waals surface area (Å²) in [6.45, 7) is 5.90. The molecule has 0 saturated carbocycles. The summed E-state index contributed by atoms with van der Waals surface area (Å²) in [6, 6.07) is 6.28. The van der Waals surface area contributed by atoms with E-state index in [1.54, 1.807) is 23.9 Å². The van der Waals surface area contributed by atoms with Crippen LogP contribution in [0.2, 0.25) is 0 Å². The fourth-order valence-corrected chi connectivity index (χ4v) is 6.71. The van der Waals surface area contributed by atoms with Crippen LogP contribution in [0.4, 0.5) is 0 Å². The molecule has 2 heterocycles. The van der Waals surface area contributed by atoms with Gasteiger partial charge in [-0.3, -0.25) is 4.79 Å². The Hall–Kier alpha value is -1.36. The van der Waals surface area contributed by atoms with Gasteiger partial charge in [0.1, 0.15) is 4.90 Å². The van der Waals surface area contributed by atoms with Gasteiger partial charge in [0.15, 0.2) is 8.68 Å². The quantitative estimate of drug-likeness (QED) is 0.509. The van der Waals surface area contributed by atoms with E-state index in [2.05, 4.69) is 16.8 Å². The molecule has 1 aliphatic heterocycles. The molecule has 6 nitrogen and oxygen atoms in total.